The summed E-state index contributed by atoms with van der Waals surface area (Å²) in [5.74, 6) is -0.902. The maximum Gasteiger partial charge on any atom is 0.266 e. The minimum Gasteiger partial charge on any atom is -0.364 e. The van der Waals surface area contributed by atoms with Gasteiger partial charge in [-0.15, -0.1) is 0 Å². The zero-order valence-corrected chi connectivity index (χ0v) is 15.4. The van der Waals surface area contributed by atoms with Gasteiger partial charge in [-0.05, 0) is 37.3 Å². The lowest BCUT2D eigenvalue weighted by molar-refractivity contribution is 0.0993. The maximum absolute atomic E-state index is 11.5. The fourth-order valence-corrected chi connectivity index (χ4v) is 3.35. The van der Waals surface area contributed by atoms with Crippen molar-refractivity contribution in [1.29, 1.82) is 0 Å². The number of rotatable bonds is 2. The summed E-state index contributed by atoms with van der Waals surface area (Å²) in [5, 5.41) is 6.43. The van der Waals surface area contributed by atoms with Crippen molar-refractivity contribution in [2.75, 3.05) is 0 Å². The van der Waals surface area contributed by atoms with Crippen LogP contribution in [0.4, 0.5) is 0 Å². The van der Waals surface area contributed by atoms with Crippen LogP contribution in [0.25, 0.3) is 10.9 Å². The van der Waals surface area contributed by atoms with E-state index in [1.54, 1.807) is 12.1 Å². The van der Waals surface area contributed by atoms with E-state index < -0.39 is 15.9 Å². The summed E-state index contributed by atoms with van der Waals surface area (Å²) >= 11 is 11.4. The largest absolute Gasteiger partial charge is 0.364 e. The predicted octanol–water partition coefficient (Wildman–Crippen LogP) is 3.22. The summed E-state index contributed by atoms with van der Waals surface area (Å²) in [6.07, 6.45) is 0. The number of hydrogen-bond donors (Lipinski definition) is 3. The second-order valence-electron chi connectivity index (χ2n) is 5.22. The molecule has 9 heteroatoms. The number of aromatic nitrogens is 1. The number of primary sulfonamides is 1. The highest BCUT2D eigenvalue weighted by molar-refractivity contribution is 7.89. The highest BCUT2D eigenvalue weighted by atomic mass is 35.5. The standard InChI is InChI=1S/C9H8ClN3O3S.C7H7Cl/c10-4-1-2-6-5(3-4)8(17(12,15)16)7(13-6)9(11)14;1-6-2-4-7(8)5-3-6/h1-3,13H,(H2,11,14)(H2,12,15,16);2-5H,1H3. The molecule has 5 N–H and O–H groups in total. The summed E-state index contributed by atoms with van der Waals surface area (Å²) in [6, 6.07) is 12.2. The Balaban J connectivity index is 0.000000236. The zero-order valence-electron chi connectivity index (χ0n) is 13.1. The van der Waals surface area contributed by atoms with Crippen LogP contribution in [0, 0.1) is 6.92 Å². The number of amides is 1. The molecule has 0 spiro atoms. The average molecular weight is 400 g/mol. The second kappa shape index (κ2) is 7.45. The van der Waals surface area contributed by atoms with E-state index in [1.807, 2.05) is 31.2 Å². The highest BCUT2D eigenvalue weighted by Gasteiger charge is 2.24. The number of fused-ring (bicyclic) bond motifs is 1. The van der Waals surface area contributed by atoms with E-state index in [9.17, 15) is 13.2 Å². The molecule has 25 heavy (non-hydrogen) atoms. The van der Waals surface area contributed by atoms with E-state index in [0.29, 0.717) is 10.5 Å². The molecule has 0 aliphatic rings. The van der Waals surface area contributed by atoms with Gasteiger partial charge < -0.3 is 10.7 Å². The van der Waals surface area contributed by atoms with Crippen LogP contribution in [0.2, 0.25) is 10.0 Å². The number of nitrogens with one attached hydrogen (secondary N) is 1. The number of sulfonamides is 1. The quantitative estimate of drug-likeness (QED) is 0.613. The molecule has 0 fully saturated rings. The van der Waals surface area contributed by atoms with Gasteiger partial charge >= 0.3 is 0 Å². The molecule has 3 rings (SSSR count). The Morgan fingerprint density at radius 2 is 1.60 bits per heavy atom. The smallest absolute Gasteiger partial charge is 0.266 e. The van der Waals surface area contributed by atoms with Gasteiger partial charge in [0.05, 0.1) is 0 Å². The molecule has 3 aromatic rings. The molecule has 1 heterocycles. The highest BCUT2D eigenvalue weighted by Crippen LogP contribution is 2.28. The van der Waals surface area contributed by atoms with Crippen LogP contribution in [-0.4, -0.2) is 19.3 Å². The SMILES string of the molecule is Cc1ccc(Cl)cc1.NC(=O)c1[nH]c2ccc(Cl)cc2c1S(N)(=O)=O. The number of carbonyl (C=O) groups is 1. The third-order valence-corrected chi connectivity index (χ3v) is 4.73. The Morgan fingerprint density at radius 1 is 1.04 bits per heavy atom. The van der Waals surface area contributed by atoms with E-state index in [4.69, 9.17) is 34.1 Å². The fraction of sp³-hybridized carbons (Fsp3) is 0.0625. The van der Waals surface area contributed by atoms with Crippen LogP contribution in [0.5, 0.6) is 0 Å². The summed E-state index contributed by atoms with van der Waals surface area (Å²) in [7, 11) is -4.07. The van der Waals surface area contributed by atoms with Gasteiger partial charge in [-0.1, -0.05) is 40.9 Å². The van der Waals surface area contributed by atoms with Gasteiger partial charge in [0, 0.05) is 20.9 Å². The van der Waals surface area contributed by atoms with Crippen molar-refractivity contribution in [2.45, 2.75) is 11.8 Å². The molecule has 1 aromatic heterocycles. The fourth-order valence-electron chi connectivity index (χ4n) is 2.14. The van der Waals surface area contributed by atoms with Crippen molar-refractivity contribution < 1.29 is 13.2 Å². The summed E-state index contributed by atoms with van der Waals surface area (Å²) in [6.45, 7) is 2.04. The van der Waals surface area contributed by atoms with Crippen molar-refractivity contribution in [3.8, 4) is 0 Å². The Kier molecular flexibility index (Phi) is 5.74. The third kappa shape index (κ3) is 4.73. The number of carbonyl (C=O) groups excluding carboxylic acids is 1. The number of halogens is 2. The van der Waals surface area contributed by atoms with Crippen LogP contribution in [0.1, 0.15) is 16.1 Å². The number of nitrogens with two attached hydrogens (primary N) is 2. The van der Waals surface area contributed by atoms with Gasteiger partial charge in [0.25, 0.3) is 5.91 Å². The van der Waals surface area contributed by atoms with E-state index in [1.165, 1.54) is 11.6 Å². The Morgan fingerprint density at radius 3 is 2.08 bits per heavy atom. The number of benzene rings is 2. The van der Waals surface area contributed by atoms with Crippen molar-refractivity contribution >= 4 is 50.0 Å². The molecule has 0 bridgehead atoms. The van der Waals surface area contributed by atoms with Gasteiger partial charge in [-0.3, -0.25) is 4.79 Å². The van der Waals surface area contributed by atoms with Gasteiger partial charge in [-0.2, -0.15) is 0 Å². The third-order valence-electron chi connectivity index (χ3n) is 3.25. The lowest BCUT2D eigenvalue weighted by Crippen LogP contribution is -2.19. The molecule has 0 unspecified atom stereocenters. The second-order valence-corrected chi connectivity index (χ2v) is 7.59. The van der Waals surface area contributed by atoms with Crippen molar-refractivity contribution in [3.63, 3.8) is 0 Å². The Hall–Kier alpha value is -2.06. The lowest BCUT2D eigenvalue weighted by atomic mass is 10.2. The van der Waals surface area contributed by atoms with Crippen LogP contribution in [0.3, 0.4) is 0 Å². The minimum atomic E-state index is -4.07. The number of aryl methyl sites for hydroxylation is 1. The molecule has 2 aromatic carbocycles. The number of aromatic amines is 1. The monoisotopic (exact) mass is 399 g/mol. The van der Waals surface area contributed by atoms with Crippen molar-refractivity contribution in [1.82, 2.24) is 4.98 Å². The molecule has 1 amide bonds. The van der Waals surface area contributed by atoms with Crippen LogP contribution >= 0.6 is 23.2 Å². The van der Waals surface area contributed by atoms with Gasteiger partial charge in [0.15, 0.2) is 0 Å². The Labute approximate surface area is 154 Å². The molecule has 0 atom stereocenters. The molecule has 0 aliphatic heterocycles. The molecular formula is C16H15Cl2N3O3S. The molecule has 0 saturated heterocycles. The first-order valence-electron chi connectivity index (χ1n) is 6.95. The minimum absolute atomic E-state index is 0.244. The first kappa shape index (κ1) is 19.3. The van der Waals surface area contributed by atoms with E-state index in [-0.39, 0.29) is 16.0 Å². The first-order chi connectivity index (χ1) is 11.6. The molecule has 0 aliphatic carbocycles. The molecule has 132 valence electrons. The van der Waals surface area contributed by atoms with Crippen molar-refractivity contribution in [3.05, 3.63) is 63.8 Å². The zero-order chi connectivity index (χ0) is 18.8. The van der Waals surface area contributed by atoms with E-state index in [0.717, 1.165) is 5.02 Å². The predicted molar refractivity (Wildman–Crippen MR) is 99.4 cm³/mol. The average Bonchev–Trinajstić information content (AvgIpc) is 2.90. The lowest BCUT2D eigenvalue weighted by Gasteiger charge is -1.98. The topological polar surface area (TPSA) is 119 Å². The van der Waals surface area contributed by atoms with E-state index >= 15 is 0 Å². The van der Waals surface area contributed by atoms with Gasteiger partial charge in [-0.25, -0.2) is 13.6 Å². The summed E-state index contributed by atoms with van der Waals surface area (Å²) in [4.78, 5) is 13.4. The normalized spacial score (nSPS) is 11.0. The van der Waals surface area contributed by atoms with Gasteiger partial charge in [0.2, 0.25) is 10.0 Å². The molecule has 0 radical (unpaired) electrons. The number of H-pyrrole nitrogens is 1. The van der Waals surface area contributed by atoms with E-state index in [2.05, 4.69) is 4.98 Å². The molecule has 6 nitrogen and oxygen atoms in total. The number of hydrogen-bond acceptors (Lipinski definition) is 3. The first-order valence-corrected chi connectivity index (χ1v) is 9.26. The van der Waals surface area contributed by atoms with Crippen LogP contribution in [0.15, 0.2) is 47.4 Å². The molecule has 0 saturated carbocycles. The van der Waals surface area contributed by atoms with Gasteiger partial charge in [0.1, 0.15) is 10.6 Å². The molecular weight excluding hydrogens is 385 g/mol. The van der Waals surface area contributed by atoms with Crippen molar-refractivity contribution in [2.24, 2.45) is 10.9 Å². The van der Waals surface area contributed by atoms with Crippen LogP contribution < -0.4 is 10.9 Å². The number of primary amides is 1. The van der Waals surface area contributed by atoms with Crippen LogP contribution in [-0.2, 0) is 10.0 Å². The Bertz CT molecular complexity index is 1010. The summed E-state index contributed by atoms with van der Waals surface area (Å²) in [5.41, 5.74) is 6.51. The summed E-state index contributed by atoms with van der Waals surface area (Å²) < 4.78 is 22.9. The maximum atomic E-state index is 11.5.